The minimum atomic E-state index is 0.243. The lowest BCUT2D eigenvalue weighted by atomic mass is 9.96. The number of amides is 1. The largest absolute Gasteiger partial charge is 0.373 e. The van der Waals surface area contributed by atoms with Crippen molar-refractivity contribution in [2.45, 2.75) is 57.4 Å². The molecule has 26 heavy (non-hydrogen) atoms. The van der Waals surface area contributed by atoms with Gasteiger partial charge in [0, 0.05) is 44.0 Å². The van der Waals surface area contributed by atoms with E-state index in [2.05, 4.69) is 17.3 Å². The number of anilines is 1. The number of hydrogen-bond donors (Lipinski definition) is 1. The summed E-state index contributed by atoms with van der Waals surface area (Å²) in [5.41, 5.74) is 2.26. The summed E-state index contributed by atoms with van der Waals surface area (Å²) in [5, 5.41) is 3.27. The molecular formula is C20H31N5O. The Balaban J connectivity index is 1.55. The molecule has 0 radical (unpaired) electrons. The maximum Gasteiger partial charge on any atom is 0.225 e. The Bertz CT molecular complexity index is 653. The lowest BCUT2D eigenvalue weighted by molar-refractivity contribution is -0.136. The van der Waals surface area contributed by atoms with Crippen molar-refractivity contribution in [3.63, 3.8) is 0 Å². The Morgan fingerprint density at radius 2 is 1.92 bits per heavy atom. The number of rotatable bonds is 3. The second kappa shape index (κ2) is 7.51. The Kier molecular flexibility index (Phi) is 5.11. The topological polar surface area (TPSA) is 61.4 Å². The fraction of sp³-hybridized carbons (Fsp3) is 0.750. The van der Waals surface area contributed by atoms with Gasteiger partial charge >= 0.3 is 0 Å². The highest BCUT2D eigenvalue weighted by Crippen LogP contribution is 2.32. The van der Waals surface area contributed by atoms with Gasteiger partial charge in [0.2, 0.25) is 5.91 Å². The second-order valence-electron chi connectivity index (χ2n) is 8.20. The van der Waals surface area contributed by atoms with Gasteiger partial charge in [-0.05, 0) is 39.3 Å². The van der Waals surface area contributed by atoms with E-state index in [0.29, 0.717) is 18.4 Å². The predicted molar refractivity (Wildman–Crippen MR) is 102 cm³/mol. The molecule has 1 saturated heterocycles. The van der Waals surface area contributed by atoms with Gasteiger partial charge in [0.05, 0.1) is 12.2 Å². The van der Waals surface area contributed by atoms with Gasteiger partial charge in [-0.3, -0.25) is 4.79 Å². The fourth-order valence-corrected chi connectivity index (χ4v) is 4.82. The first kappa shape index (κ1) is 17.7. The third-order valence-corrected chi connectivity index (χ3v) is 6.32. The van der Waals surface area contributed by atoms with E-state index in [1.807, 2.05) is 11.9 Å². The molecule has 1 aromatic heterocycles. The number of piperidine rings is 1. The van der Waals surface area contributed by atoms with E-state index in [-0.39, 0.29) is 5.92 Å². The van der Waals surface area contributed by atoms with Crippen LogP contribution < -0.4 is 5.32 Å². The van der Waals surface area contributed by atoms with Gasteiger partial charge in [0.1, 0.15) is 11.6 Å². The van der Waals surface area contributed by atoms with Crippen LogP contribution >= 0.6 is 0 Å². The molecule has 3 aliphatic rings. The number of nitrogens with zero attached hydrogens (tertiary/aromatic N) is 4. The summed E-state index contributed by atoms with van der Waals surface area (Å²) in [5.74, 6) is 2.91. The number of nitrogens with one attached hydrogen (secondary N) is 1. The van der Waals surface area contributed by atoms with E-state index in [1.54, 1.807) is 0 Å². The van der Waals surface area contributed by atoms with E-state index in [9.17, 15) is 4.79 Å². The minimum Gasteiger partial charge on any atom is -0.373 e. The Morgan fingerprint density at radius 1 is 1.12 bits per heavy atom. The quantitative estimate of drug-likeness (QED) is 0.900. The first-order chi connectivity index (χ1) is 12.7. The number of carbonyl (C=O) groups is 1. The number of hydrogen-bond acceptors (Lipinski definition) is 5. The summed E-state index contributed by atoms with van der Waals surface area (Å²) in [4.78, 5) is 27.1. The molecule has 0 bridgehead atoms. The number of likely N-dealkylation sites (N-methyl/N-ethyl adjacent to an activating group) is 1. The third-order valence-electron chi connectivity index (χ3n) is 6.32. The number of aromatic nitrogens is 2. The molecule has 2 fully saturated rings. The zero-order chi connectivity index (χ0) is 18.1. The van der Waals surface area contributed by atoms with E-state index >= 15 is 0 Å². The zero-order valence-corrected chi connectivity index (χ0v) is 16.1. The molecule has 142 valence electrons. The highest BCUT2D eigenvalue weighted by atomic mass is 16.2. The van der Waals surface area contributed by atoms with Crippen LogP contribution in [0.5, 0.6) is 0 Å². The molecule has 1 saturated carbocycles. The zero-order valence-electron chi connectivity index (χ0n) is 16.1. The maximum atomic E-state index is 12.8. The van der Waals surface area contributed by atoms with E-state index < -0.39 is 0 Å². The first-order valence-electron chi connectivity index (χ1n) is 10.2. The SMILES string of the molecule is CNc1nc([C@H]2CCCN(C)C2)nc2c1CN(C(=O)C1CCCC1)CC2. The molecule has 6 nitrogen and oxygen atoms in total. The third kappa shape index (κ3) is 3.43. The molecule has 1 aliphatic carbocycles. The normalized spacial score (nSPS) is 24.5. The molecule has 6 heteroatoms. The number of fused-ring (bicyclic) bond motifs is 1. The maximum absolute atomic E-state index is 12.8. The van der Waals surface area contributed by atoms with Crippen molar-refractivity contribution in [3.8, 4) is 0 Å². The molecule has 2 aliphatic heterocycles. The van der Waals surface area contributed by atoms with Crippen LogP contribution in [0.25, 0.3) is 0 Å². The summed E-state index contributed by atoms with van der Waals surface area (Å²) in [6.07, 6.45) is 7.74. The van der Waals surface area contributed by atoms with E-state index in [4.69, 9.17) is 9.97 Å². The molecule has 3 heterocycles. The van der Waals surface area contributed by atoms with Gasteiger partial charge in [-0.15, -0.1) is 0 Å². The molecule has 1 amide bonds. The summed E-state index contributed by atoms with van der Waals surface area (Å²) in [6.45, 7) is 3.66. The van der Waals surface area contributed by atoms with Gasteiger partial charge in [-0.25, -0.2) is 9.97 Å². The minimum absolute atomic E-state index is 0.243. The number of likely N-dealkylation sites (tertiary alicyclic amines) is 1. The van der Waals surface area contributed by atoms with Crippen LogP contribution in [0, 0.1) is 5.92 Å². The van der Waals surface area contributed by atoms with Gasteiger partial charge < -0.3 is 15.1 Å². The van der Waals surface area contributed by atoms with Crippen molar-refractivity contribution in [3.05, 3.63) is 17.1 Å². The van der Waals surface area contributed by atoms with E-state index in [1.165, 1.54) is 32.2 Å². The molecule has 4 rings (SSSR count). The van der Waals surface area contributed by atoms with Gasteiger partial charge in [-0.1, -0.05) is 12.8 Å². The average molecular weight is 358 g/mol. The van der Waals surface area contributed by atoms with Crippen molar-refractivity contribution in [1.82, 2.24) is 19.8 Å². The predicted octanol–water partition coefficient (Wildman–Crippen LogP) is 2.40. The Morgan fingerprint density at radius 3 is 2.65 bits per heavy atom. The number of carbonyl (C=O) groups excluding carboxylic acids is 1. The van der Waals surface area contributed by atoms with Crippen LogP contribution in [0.3, 0.4) is 0 Å². The molecule has 0 unspecified atom stereocenters. The van der Waals surface area contributed by atoms with Crippen LogP contribution in [0.4, 0.5) is 5.82 Å². The average Bonchev–Trinajstić information content (AvgIpc) is 3.21. The van der Waals surface area contributed by atoms with Gasteiger partial charge in [-0.2, -0.15) is 0 Å². The van der Waals surface area contributed by atoms with Crippen LogP contribution in [0.1, 0.15) is 61.5 Å². The summed E-state index contributed by atoms with van der Waals surface area (Å²) >= 11 is 0. The highest BCUT2D eigenvalue weighted by molar-refractivity contribution is 5.79. The molecule has 0 aromatic carbocycles. The molecule has 1 atom stereocenters. The first-order valence-corrected chi connectivity index (χ1v) is 10.2. The second-order valence-corrected chi connectivity index (χ2v) is 8.20. The molecule has 0 spiro atoms. The van der Waals surface area contributed by atoms with Gasteiger partial charge in [0.25, 0.3) is 0 Å². The monoisotopic (exact) mass is 357 g/mol. The van der Waals surface area contributed by atoms with Crippen molar-refractivity contribution in [2.75, 3.05) is 39.0 Å². The fourth-order valence-electron chi connectivity index (χ4n) is 4.82. The van der Waals surface area contributed by atoms with Crippen molar-refractivity contribution < 1.29 is 4.79 Å². The van der Waals surface area contributed by atoms with Crippen LogP contribution in [-0.2, 0) is 17.8 Å². The van der Waals surface area contributed by atoms with Crippen LogP contribution in [-0.4, -0.2) is 59.4 Å². The molecular weight excluding hydrogens is 326 g/mol. The summed E-state index contributed by atoms with van der Waals surface area (Å²) in [6, 6.07) is 0. The highest BCUT2D eigenvalue weighted by Gasteiger charge is 2.32. The van der Waals surface area contributed by atoms with Crippen molar-refractivity contribution >= 4 is 11.7 Å². The standard InChI is InChI=1S/C20H31N5O/c1-21-19-16-13-25(20(26)14-6-3-4-7-14)11-9-17(16)22-18(23-19)15-8-5-10-24(2)12-15/h14-15H,3-13H2,1-2H3,(H,21,22,23)/t15-/m0/s1. The molecule has 1 N–H and O–H groups in total. The van der Waals surface area contributed by atoms with E-state index in [0.717, 1.165) is 55.3 Å². The lowest BCUT2D eigenvalue weighted by Gasteiger charge is -2.33. The molecule has 1 aromatic rings. The summed E-state index contributed by atoms with van der Waals surface area (Å²) < 4.78 is 0. The summed E-state index contributed by atoms with van der Waals surface area (Å²) in [7, 11) is 4.10. The Labute approximate surface area is 156 Å². The lowest BCUT2D eigenvalue weighted by Crippen LogP contribution is -2.40. The van der Waals surface area contributed by atoms with Crippen LogP contribution in [0.2, 0.25) is 0 Å². The van der Waals surface area contributed by atoms with Crippen molar-refractivity contribution in [1.29, 1.82) is 0 Å². The Hall–Kier alpha value is -1.69. The van der Waals surface area contributed by atoms with Crippen LogP contribution in [0.15, 0.2) is 0 Å². The smallest absolute Gasteiger partial charge is 0.225 e. The van der Waals surface area contributed by atoms with Gasteiger partial charge in [0.15, 0.2) is 0 Å². The van der Waals surface area contributed by atoms with Crippen molar-refractivity contribution in [2.24, 2.45) is 5.92 Å².